The van der Waals surface area contributed by atoms with Crippen LogP contribution in [-0.4, -0.2) is 43.0 Å². The summed E-state index contributed by atoms with van der Waals surface area (Å²) < 4.78 is 0.960. The fraction of sp³-hybridized carbons (Fsp3) is 0.211. The Morgan fingerprint density at radius 3 is 2.63 bits per heavy atom. The summed E-state index contributed by atoms with van der Waals surface area (Å²) in [5.41, 5.74) is 2.33. The van der Waals surface area contributed by atoms with Crippen LogP contribution in [-0.2, 0) is 4.79 Å². The van der Waals surface area contributed by atoms with Gasteiger partial charge in [0.1, 0.15) is 5.82 Å². The summed E-state index contributed by atoms with van der Waals surface area (Å²) in [4.78, 5) is 31.0. The molecule has 0 radical (unpaired) electrons. The van der Waals surface area contributed by atoms with E-state index in [1.165, 1.54) is 0 Å². The van der Waals surface area contributed by atoms with Crippen molar-refractivity contribution in [1.29, 1.82) is 0 Å². The van der Waals surface area contributed by atoms with Crippen LogP contribution in [0.3, 0.4) is 0 Å². The van der Waals surface area contributed by atoms with Crippen LogP contribution in [0.15, 0.2) is 42.7 Å². The van der Waals surface area contributed by atoms with Crippen LogP contribution in [0.5, 0.6) is 0 Å². The largest absolute Gasteiger partial charge is 0.360 e. The van der Waals surface area contributed by atoms with Crippen molar-refractivity contribution in [2.24, 2.45) is 0 Å². The van der Waals surface area contributed by atoms with Gasteiger partial charge in [0.05, 0.1) is 17.5 Å². The van der Waals surface area contributed by atoms with E-state index in [0.717, 1.165) is 41.3 Å². The number of rotatable bonds is 3. The molecule has 4 rings (SSSR count). The number of imide groups is 1. The number of nitrogens with one attached hydrogen (secondary N) is 3. The Kier molecular flexibility index (Phi) is 5.08. The minimum absolute atomic E-state index is 0.370. The lowest BCUT2D eigenvalue weighted by Crippen LogP contribution is -2.43. The van der Waals surface area contributed by atoms with Crippen LogP contribution in [0.25, 0.3) is 5.57 Å². The summed E-state index contributed by atoms with van der Waals surface area (Å²) >= 11 is 2.16. The van der Waals surface area contributed by atoms with Gasteiger partial charge in [0.2, 0.25) is 0 Å². The van der Waals surface area contributed by atoms with Crippen molar-refractivity contribution in [2.45, 2.75) is 0 Å². The average molecular weight is 475 g/mol. The molecule has 0 unspecified atom stereocenters. The van der Waals surface area contributed by atoms with Crippen molar-refractivity contribution >= 4 is 51.5 Å². The molecule has 7 nitrogen and oxygen atoms in total. The van der Waals surface area contributed by atoms with E-state index in [1.54, 1.807) is 18.5 Å². The predicted octanol–water partition coefficient (Wildman–Crippen LogP) is 1.82. The molecule has 2 aliphatic heterocycles. The van der Waals surface area contributed by atoms with Gasteiger partial charge in [0.15, 0.2) is 0 Å². The summed E-state index contributed by atoms with van der Waals surface area (Å²) in [6.07, 6.45) is 3.37. The van der Waals surface area contributed by atoms with Gasteiger partial charge < -0.3 is 15.5 Å². The second-order valence-electron chi connectivity index (χ2n) is 6.32. The monoisotopic (exact) mass is 475 g/mol. The molecule has 1 aromatic carbocycles. The Balaban J connectivity index is 1.55. The van der Waals surface area contributed by atoms with Crippen molar-refractivity contribution in [3.63, 3.8) is 0 Å². The summed E-state index contributed by atoms with van der Waals surface area (Å²) in [5, 5.41) is 8.82. The Hall–Kier alpha value is -2.46. The molecule has 2 aromatic rings. The molecule has 0 bridgehead atoms. The first-order valence-electron chi connectivity index (χ1n) is 8.66. The number of amides is 2. The SMILES string of the molecule is O=C1NC(=O)c2ccc(I)cc2/C1=C/Nc1ccc(N2CCNCC2)nc1. The van der Waals surface area contributed by atoms with Crippen LogP contribution >= 0.6 is 22.6 Å². The zero-order valence-electron chi connectivity index (χ0n) is 14.5. The highest BCUT2D eigenvalue weighted by molar-refractivity contribution is 14.1. The molecule has 0 spiro atoms. The predicted molar refractivity (Wildman–Crippen MR) is 113 cm³/mol. The molecule has 2 aliphatic rings. The van der Waals surface area contributed by atoms with Gasteiger partial charge in [-0.1, -0.05) is 0 Å². The van der Waals surface area contributed by atoms with E-state index in [1.807, 2.05) is 24.3 Å². The molecular weight excluding hydrogens is 457 g/mol. The number of halogens is 1. The highest BCUT2D eigenvalue weighted by atomic mass is 127. The highest BCUT2D eigenvalue weighted by Gasteiger charge is 2.27. The molecular formula is C19H18IN5O2. The number of carbonyl (C=O) groups excluding carboxylic acids is 2. The van der Waals surface area contributed by atoms with Crippen molar-refractivity contribution in [3.05, 3.63) is 57.4 Å². The molecule has 8 heteroatoms. The maximum atomic E-state index is 12.3. The molecule has 3 N–H and O–H groups in total. The lowest BCUT2D eigenvalue weighted by Gasteiger charge is -2.28. The first-order valence-corrected chi connectivity index (χ1v) is 9.74. The molecule has 0 atom stereocenters. The topological polar surface area (TPSA) is 86.4 Å². The molecule has 1 aromatic heterocycles. The van der Waals surface area contributed by atoms with Gasteiger partial charge in [0, 0.05) is 47.1 Å². The van der Waals surface area contributed by atoms with Gasteiger partial charge in [-0.2, -0.15) is 0 Å². The zero-order chi connectivity index (χ0) is 18.8. The van der Waals surface area contributed by atoms with Gasteiger partial charge in [-0.15, -0.1) is 0 Å². The van der Waals surface area contributed by atoms with Gasteiger partial charge >= 0.3 is 0 Å². The number of carbonyl (C=O) groups is 2. The Morgan fingerprint density at radius 1 is 1.07 bits per heavy atom. The second kappa shape index (κ2) is 7.65. The number of hydrogen-bond acceptors (Lipinski definition) is 6. The summed E-state index contributed by atoms with van der Waals surface area (Å²) in [7, 11) is 0. The number of anilines is 2. The maximum Gasteiger partial charge on any atom is 0.260 e. The van der Waals surface area contributed by atoms with E-state index in [4.69, 9.17) is 0 Å². The standard InChI is InChI=1S/C19H18IN5O2/c20-12-1-3-14-15(9-12)16(19(27)24-18(14)26)11-22-13-2-4-17(23-10-13)25-7-5-21-6-8-25/h1-4,9-11,21-22H,5-8H2,(H,24,26,27)/b16-11-. The first-order chi connectivity index (χ1) is 13.1. The van der Waals surface area contributed by atoms with Gasteiger partial charge in [0.25, 0.3) is 11.8 Å². The first kappa shape index (κ1) is 17.9. The van der Waals surface area contributed by atoms with E-state index in [-0.39, 0.29) is 5.91 Å². The number of nitrogens with zero attached hydrogens (tertiary/aromatic N) is 2. The molecule has 1 fully saturated rings. The molecule has 138 valence electrons. The van der Waals surface area contributed by atoms with E-state index in [2.05, 4.69) is 48.4 Å². The molecule has 3 heterocycles. The number of piperazine rings is 1. The van der Waals surface area contributed by atoms with Gasteiger partial charge in [-0.05, 0) is 52.9 Å². The average Bonchev–Trinajstić information content (AvgIpc) is 2.68. The minimum atomic E-state index is -0.410. The molecule has 27 heavy (non-hydrogen) atoms. The third kappa shape index (κ3) is 3.81. The quantitative estimate of drug-likeness (QED) is 0.357. The van der Waals surface area contributed by atoms with Crippen molar-refractivity contribution in [2.75, 3.05) is 36.4 Å². The number of fused-ring (bicyclic) bond motifs is 1. The second-order valence-corrected chi connectivity index (χ2v) is 7.56. The number of hydrogen-bond donors (Lipinski definition) is 3. The van der Waals surface area contributed by atoms with E-state index in [9.17, 15) is 9.59 Å². The molecule has 2 amide bonds. The van der Waals surface area contributed by atoms with Crippen molar-refractivity contribution < 1.29 is 9.59 Å². The Labute approximate surface area is 170 Å². The van der Waals surface area contributed by atoms with Crippen LogP contribution in [0.1, 0.15) is 15.9 Å². The Morgan fingerprint density at radius 2 is 1.89 bits per heavy atom. The molecule has 0 aliphatic carbocycles. The third-order valence-electron chi connectivity index (χ3n) is 4.56. The van der Waals surface area contributed by atoms with Crippen molar-refractivity contribution in [1.82, 2.24) is 15.6 Å². The maximum absolute atomic E-state index is 12.3. The van der Waals surface area contributed by atoms with Crippen LogP contribution in [0.2, 0.25) is 0 Å². The fourth-order valence-electron chi connectivity index (χ4n) is 3.15. The Bertz CT molecular complexity index is 920. The van der Waals surface area contributed by atoms with E-state index >= 15 is 0 Å². The third-order valence-corrected chi connectivity index (χ3v) is 5.23. The molecule has 0 saturated carbocycles. The van der Waals surface area contributed by atoms with Gasteiger partial charge in [-0.25, -0.2) is 4.98 Å². The van der Waals surface area contributed by atoms with Crippen molar-refractivity contribution in [3.8, 4) is 0 Å². The molecule has 1 saturated heterocycles. The minimum Gasteiger partial charge on any atom is -0.360 e. The van der Waals surface area contributed by atoms with Gasteiger partial charge in [-0.3, -0.25) is 14.9 Å². The smallest absolute Gasteiger partial charge is 0.260 e. The zero-order valence-corrected chi connectivity index (χ0v) is 16.6. The number of pyridine rings is 1. The van der Waals surface area contributed by atoms with Crippen LogP contribution in [0.4, 0.5) is 11.5 Å². The summed E-state index contributed by atoms with van der Waals surface area (Å²) in [5.74, 6) is 0.161. The highest BCUT2D eigenvalue weighted by Crippen LogP contribution is 2.26. The summed E-state index contributed by atoms with van der Waals surface area (Å²) in [6, 6.07) is 9.32. The van der Waals surface area contributed by atoms with E-state index < -0.39 is 5.91 Å². The van der Waals surface area contributed by atoms with E-state index in [0.29, 0.717) is 16.7 Å². The number of aromatic nitrogens is 1. The lowest BCUT2D eigenvalue weighted by atomic mass is 9.96. The summed E-state index contributed by atoms with van der Waals surface area (Å²) in [6.45, 7) is 3.79. The number of benzene rings is 1. The lowest BCUT2D eigenvalue weighted by molar-refractivity contribution is -0.114. The normalized spacial score (nSPS) is 18.3. The van der Waals surface area contributed by atoms with Crippen LogP contribution in [0, 0.1) is 3.57 Å². The van der Waals surface area contributed by atoms with Crippen LogP contribution < -0.4 is 20.9 Å². The fourth-order valence-corrected chi connectivity index (χ4v) is 3.64.